The summed E-state index contributed by atoms with van der Waals surface area (Å²) in [6.07, 6.45) is 6.57. The van der Waals surface area contributed by atoms with E-state index in [2.05, 4.69) is 47.7 Å². The van der Waals surface area contributed by atoms with Crippen molar-refractivity contribution >= 4 is 5.96 Å². The largest absolute Gasteiger partial charge is 0.491 e. The first-order valence-electron chi connectivity index (χ1n) is 7.68. The highest BCUT2D eigenvalue weighted by Gasteiger charge is 2.11. The van der Waals surface area contributed by atoms with E-state index in [1.165, 1.54) is 0 Å². The van der Waals surface area contributed by atoms with Gasteiger partial charge in [0.05, 0.1) is 6.54 Å². The minimum Gasteiger partial charge on any atom is -0.491 e. The van der Waals surface area contributed by atoms with Gasteiger partial charge in [-0.15, -0.1) is 0 Å². The standard InChI is InChI=1S/C17H25N3O/c1-3-18-17(20-15-9-5-6-10-15)19-12-13-21-16-11-7-4-8-14(16)2/h4-8,11,15H,3,9-10,12-13H2,1-2H3,(H2,18,19,20). The average Bonchev–Trinajstić information content (AvgIpc) is 2.98. The number of ether oxygens (including phenoxy) is 1. The third-order valence-electron chi connectivity index (χ3n) is 3.41. The van der Waals surface area contributed by atoms with Crippen molar-refractivity contribution in [3.05, 3.63) is 42.0 Å². The molecule has 0 radical (unpaired) electrons. The lowest BCUT2D eigenvalue weighted by molar-refractivity contribution is 0.326. The first-order chi connectivity index (χ1) is 10.3. The van der Waals surface area contributed by atoms with Gasteiger partial charge >= 0.3 is 0 Å². The predicted octanol–water partition coefficient (Wildman–Crippen LogP) is 2.65. The van der Waals surface area contributed by atoms with Crippen LogP contribution in [-0.2, 0) is 0 Å². The molecule has 21 heavy (non-hydrogen) atoms. The van der Waals surface area contributed by atoms with E-state index >= 15 is 0 Å². The summed E-state index contributed by atoms with van der Waals surface area (Å²) in [4.78, 5) is 4.56. The number of hydrogen-bond acceptors (Lipinski definition) is 2. The van der Waals surface area contributed by atoms with Crippen molar-refractivity contribution in [2.45, 2.75) is 32.7 Å². The molecule has 2 N–H and O–H groups in total. The van der Waals surface area contributed by atoms with Gasteiger partial charge in [-0.3, -0.25) is 0 Å². The molecule has 4 nitrogen and oxygen atoms in total. The zero-order valence-electron chi connectivity index (χ0n) is 12.9. The van der Waals surface area contributed by atoms with Gasteiger partial charge in [0.2, 0.25) is 0 Å². The predicted molar refractivity (Wildman–Crippen MR) is 88.0 cm³/mol. The maximum absolute atomic E-state index is 5.76. The number of aryl methyl sites for hydroxylation is 1. The number of guanidine groups is 1. The average molecular weight is 287 g/mol. The Kier molecular flexibility index (Phi) is 6.13. The molecule has 2 rings (SSSR count). The van der Waals surface area contributed by atoms with Crippen LogP contribution in [0.1, 0.15) is 25.3 Å². The third kappa shape index (κ3) is 5.14. The summed E-state index contributed by atoms with van der Waals surface area (Å²) in [5.41, 5.74) is 1.16. The lowest BCUT2D eigenvalue weighted by Gasteiger charge is -2.16. The number of nitrogens with one attached hydrogen (secondary N) is 2. The molecular weight excluding hydrogens is 262 g/mol. The van der Waals surface area contributed by atoms with Crippen molar-refractivity contribution < 1.29 is 4.74 Å². The fourth-order valence-corrected chi connectivity index (χ4v) is 2.28. The summed E-state index contributed by atoms with van der Waals surface area (Å²) < 4.78 is 5.76. The highest BCUT2D eigenvalue weighted by atomic mass is 16.5. The molecule has 0 fully saturated rings. The van der Waals surface area contributed by atoms with Crippen LogP contribution in [0.15, 0.2) is 41.4 Å². The molecule has 0 aromatic heterocycles. The zero-order valence-corrected chi connectivity index (χ0v) is 12.9. The van der Waals surface area contributed by atoms with E-state index in [0.717, 1.165) is 36.7 Å². The number of benzene rings is 1. The maximum Gasteiger partial charge on any atom is 0.191 e. The van der Waals surface area contributed by atoms with Gasteiger partial charge in [-0.1, -0.05) is 30.4 Å². The smallest absolute Gasteiger partial charge is 0.191 e. The highest BCUT2D eigenvalue weighted by Crippen LogP contribution is 2.15. The van der Waals surface area contributed by atoms with Gasteiger partial charge < -0.3 is 15.4 Å². The molecule has 1 aromatic rings. The Balaban J connectivity index is 1.78. The SMILES string of the molecule is CCNC(=NCCOc1ccccc1C)NC1CC=CC1. The van der Waals surface area contributed by atoms with Crippen molar-refractivity contribution in [2.75, 3.05) is 19.7 Å². The first-order valence-corrected chi connectivity index (χ1v) is 7.68. The lowest BCUT2D eigenvalue weighted by Crippen LogP contribution is -2.42. The van der Waals surface area contributed by atoms with Crippen molar-refractivity contribution in [3.8, 4) is 5.75 Å². The van der Waals surface area contributed by atoms with Crippen LogP contribution in [0.4, 0.5) is 0 Å². The quantitative estimate of drug-likeness (QED) is 0.366. The minimum absolute atomic E-state index is 0.472. The van der Waals surface area contributed by atoms with Crippen molar-refractivity contribution in [1.82, 2.24) is 10.6 Å². The van der Waals surface area contributed by atoms with Crippen LogP contribution in [0, 0.1) is 6.92 Å². The van der Waals surface area contributed by atoms with Crippen LogP contribution in [0.3, 0.4) is 0 Å². The van der Waals surface area contributed by atoms with E-state index in [9.17, 15) is 0 Å². The second-order valence-electron chi connectivity index (χ2n) is 5.16. The molecule has 1 aliphatic rings. The Bertz CT molecular complexity index is 489. The Morgan fingerprint density at radius 1 is 1.29 bits per heavy atom. The number of nitrogens with zero attached hydrogens (tertiary/aromatic N) is 1. The zero-order chi connectivity index (χ0) is 14.9. The van der Waals surface area contributed by atoms with Crippen LogP contribution in [0.25, 0.3) is 0 Å². The van der Waals surface area contributed by atoms with E-state index in [-0.39, 0.29) is 0 Å². The second kappa shape index (κ2) is 8.35. The van der Waals surface area contributed by atoms with E-state index in [1.807, 2.05) is 18.2 Å². The Morgan fingerprint density at radius 2 is 2.05 bits per heavy atom. The summed E-state index contributed by atoms with van der Waals surface area (Å²) in [5, 5.41) is 6.72. The molecule has 0 amide bonds. The van der Waals surface area contributed by atoms with E-state index < -0.39 is 0 Å². The molecule has 1 aliphatic carbocycles. The van der Waals surface area contributed by atoms with Crippen molar-refractivity contribution in [1.29, 1.82) is 0 Å². The van der Waals surface area contributed by atoms with Gasteiger partial charge in [0.1, 0.15) is 12.4 Å². The molecule has 0 saturated carbocycles. The summed E-state index contributed by atoms with van der Waals surface area (Å²) >= 11 is 0. The second-order valence-corrected chi connectivity index (χ2v) is 5.16. The maximum atomic E-state index is 5.76. The van der Waals surface area contributed by atoms with Crippen LogP contribution >= 0.6 is 0 Å². The molecule has 0 atom stereocenters. The lowest BCUT2D eigenvalue weighted by atomic mass is 10.2. The van der Waals surface area contributed by atoms with Gasteiger partial charge in [-0.25, -0.2) is 4.99 Å². The van der Waals surface area contributed by atoms with Crippen molar-refractivity contribution in [2.24, 2.45) is 4.99 Å². The highest BCUT2D eigenvalue weighted by molar-refractivity contribution is 5.80. The van der Waals surface area contributed by atoms with Gasteiger partial charge in [0, 0.05) is 12.6 Å². The van der Waals surface area contributed by atoms with Gasteiger partial charge in [0.25, 0.3) is 0 Å². The fraction of sp³-hybridized carbons (Fsp3) is 0.471. The topological polar surface area (TPSA) is 45.7 Å². The molecule has 0 heterocycles. The van der Waals surface area contributed by atoms with E-state index in [4.69, 9.17) is 4.74 Å². The molecule has 4 heteroatoms. The molecular formula is C17H25N3O. The summed E-state index contributed by atoms with van der Waals surface area (Å²) in [6.45, 7) is 6.23. The van der Waals surface area contributed by atoms with E-state index in [1.54, 1.807) is 0 Å². The number of para-hydroxylation sites is 1. The molecule has 0 unspecified atom stereocenters. The van der Waals surface area contributed by atoms with Crippen LogP contribution in [0.5, 0.6) is 5.75 Å². The van der Waals surface area contributed by atoms with Crippen LogP contribution in [0.2, 0.25) is 0 Å². The molecule has 0 aliphatic heterocycles. The fourth-order valence-electron chi connectivity index (χ4n) is 2.28. The summed E-state index contributed by atoms with van der Waals surface area (Å²) in [6, 6.07) is 8.53. The summed E-state index contributed by atoms with van der Waals surface area (Å²) in [5.74, 6) is 1.81. The van der Waals surface area contributed by atoms with Crippen molar-refractivity contribution in [3.63, 3.8) is 0 Å². The third-order valence-corrected chi connectivity index (χ3v) is 3.41. The van der Waals surface area contributed by atoms with Gasteiger partial charge in [0.15, 0.2) is 5.96 Å². The number of hydrogen-bond donors (Lipinski definition) is 2. The Morgan fingerprint density at radius 3 is 2.76 bits per heavy atom. The molecule has 0 bridgehead atoms. The number of aliphatic imine (C=N–C) groups is 1. The van der Waals surface area contributed by atoms with Gasteiger partial charge in [-0.05, 0) is 38.3 Å². The van der Waals surface area contributed by atoms with Crippen LogP contribution in [-0.4, -0.2) is 31.7 Å². The molecule has 0 spiro atoms. The number of rotatable bonds is 6. The molecule has 114 valence electrons. The summed E-state index contributed by atoms with van der Waals surface area (Å²) in [7, 11) is 0. The monoisotopic (exact) mass is 287 g/mol. The Hall–Kier alpha value is -1.97. The normalized spacial score (nSPS) is 15.2. The van der Waals surface area contributed by atoms with E-state index in [0.29, 0.717) is 19.2 Å². The Labute approximate surface area is 127 Å². The van der Waals surface area contributed by atoms with Gasteiger partial charge in [-0.2, -0.15) is 0 Å². The molecule has 0 saturated heterocycles. The van der Waals surface area contributed by atoms with Crippen LogP contribution < -0.4 is 15.4 Å². The first kappa shape index (κ1) is 15.4. The minimum atomic E-state index is 0.472. The molecule has 1 aromatic carbocycles.